The molecule has 7 nitrogen and oxygen atoms in total. The zero-order chi connectivity index (χ0) is 23.9. The summed E-state index contributed by atoms with van der Waals surface area (Å²) in [5, 5.41) is 2.75. The van der Waals surface area contributed by atoms with Crippen molar-refractivity contribution in [2.24, 2.45) is 5.73 Å². The number of amides is 1. The molecule has 3 atom stereocenters. The van der Waals surface area contributed by atoms with Crippen LogP contribution in [0.3, 0.4) is 0 Å². The van der Waals surface area contributed by atoms with Crippen molar-refractivity contribution in [3.05, 3.63) is 70.2 Å². The van der Waals surface area contributed by atoms with Crippen molar-refractivity contribution in [3.63, 3.8) is 0 Å². The van der Waals surface area contributed by atoms with E-state index in [1.165, 1.54) is 0 Å². The van der Waals surface area contributed by atoms with Gasteiger partial charge in [-0.15, -0.1) is 0 Å². The number of benzene rings is 2. The van der Waals surface area contributed by atoms with Gasteiger partial charge in [0, 0.05) is 11.1 Å². The van der Waals surface area contributed by atoms with Crippen molar-refractivity contribution in [1.82, 2.24) is 10.2 Å². The molecule has 0 saturated carbocycles. The summed E-state index contributed by atoms with van der Waals surface area (Å²) in [5.41, 5.74) is 5.34. The molecule has 33 heavy (non-hydrogen) atoms. The maximum atomic E-state index is 14.0. The first kappa shape index (κ1) is 23.7. The van der Waals surface area contributed by atoms with Gasteiger partial charge in [0.15, 0.2) is 5.54 Å². The Balaban J connectivity index is 1.86. The summed E-state index contributed by atoms with van der Waals surface area (Å²) in [6, 6.07) is 15.1. The van der Waals surface area contributed by atoms with Gasteiger partial charge in [0.1, 0.15) is 0 Å². The Morgan fingerprint density at radius 3 is 2.52 bits per heavy atom. The number of alkyl halides is 3. The maximum Gasteiger partial charge on any atom is 0.491 e. The maximum absolute atomic E-state index is 14.0. The fraction of sp³-hybridized carbons (Fsp3) is 0.364. The molecule has 2 aromatic carbocycles. The van der Waals surface area contributed by atoms with Crippen LogP contribution in [0.2, 0.25) is 0 Å². The molecule has 2 saturated heterocycles. The standard InChI is InChI=1S/C22H21BrF3N3O4/c23-16-9-4-8-15(12-16)20(14-6-2-1-3-7-14)18(30)29(13-17-10-5-11-32-17)22(27,28-20)33-19(31)21(24,25)26/h1-4,6-9,12,17,28H,5,10-11,13,27H2. The number of nitrogens with zero attached hydrogens (tertiary/aromatic N) is 1. The van der Waals surface area contributed by atoms with Crippen molar-refractivity contribution in [3.8, 4) is 0 Å². The van der Waals surface area contributed by atoms with Gasteiger partial charge in [-0.3, -0.25) is 15.4 Å². The second-order valence-electron chi connectivity index (χ2n) is 7.89. The number of hydrogen-bond acceptors (Lipinski definition) is 6. The van der Waals surface area contributed by atoms with Gasteiger partial charge < -0.3 is 9.47 Å². The monoisotopic (exact) mass is 527 g/mol. The third-order valence-corrected chi connectivity index (χ3v) is 6.18. The summed E-state index contributed by atoms with van der Waals surface area (Å²) in [6.07, 6.45) is -4.45. The van der Waals surface area contributed by atoms with Crippen LogP contribution in [-0.2, 0) is 24.6 Å². The largest absolute Gasteiger partial charge is 0.491 e. The number of nitrogens with two attached hydrogens (primary N) is 1. The fourth-order valence-corrected chi connectivity index (χ4v) is 4.60. The highest BCUT2D eigenvalue weighted by molar-refractivity contribution is 9.10. The van der Waals surface area contributed by atoms with Crippen molar-refractivity contribution in [1.29, 1.82) is 0 Å². The minimum atomic E-state index is -5.31. The van der Waals surface area contributed by atoms with Gasteiger partial charge in [0.2, 0.25) is 0 Å². The number of hydrogen-bond donors (Lipinski definition) is 2. The Hall–Kier alpha value is -2.47. The normalized spacial score (nSPS) is 27.7. The molecule has 0 aromatic heterocycles. The Labute approximate surface area is 196 Å². The van der Waals surface area contributed by atoms with Crippen LogP contribution in [0.4, 0.5) is 13.2 Å². The summed E-state index contributed by atoms with van der Waals surface area (Å²) in [7, 11) is 0. The third-order valence-electron chi connectivity index (χ3n) is 5.69. The number of carbonyl (C=O) groups excluding carboxylic acids is 2. The molecule has 0 bridgehead atoms. The molecular formula is C22H21BrF3N3O4. The molecule has 2 fully saturated rings. The summed E-state index contributed by atoms with van der Waals surface area (Å²) in [5.74, 6) is -5.76. The van der Waals surface area contributed by atoms with E-state index in [1.54, 1.807) is 54.6 Å². The Morgan fingerprint density at radius 2 is 1.91 bits per heavy atom. The predicted molar refractivity (Wildman–Crippen MR) is 114 cm³/mol. The van der Waals surface area contributed by atoms with E-state index in [9.17, 15) is 22.8 Å². The van der Waals surface area contributed by atoms with Gasteiger partial charge >= 0.3 is 18.1 Å². The zero-order valence-electron chi connectivity index (χ0n) is 17.3. The predicted octanol–water partition coefficient (Wildman–Crippen LogP) is 2.98. The lowest BCUT2D eigenvalue weighted by atomic mass is 9.82. The van der Waals surface area contributed by atoms with Crippen LogP contribution in [-0.4, -0.2) is 48.2 Å². The van der Waals surface area contributed by atoms with Crippen molar-refractivity contribution in [2.45, 2.75) is 36.6 Å². The lowest BCUT2D eigenvalue weighted by Crippen LogP contribution is -2.65. The molecule has 2 aliphatic heterocycles. The zero-order valence-corrected chi connectivity index (χ0v) is 18.9. The van der Waals surface area contributed by atoms with Crippen LogP contribution in [0, 0.1) is 0 Å². The van der Waals surface area contributed by atoms with E-state index < -0.39 is 35.7 Å². The van der Waals surface area contributed by atoms with Crippen LogP contribution >= 0.6 is 15.9 Å². The van der Waals surface area contributed by atoms with Crippen LogP contribution in [0.15, 0.2) is 59.1 Å². The molecule has 0 spiro atoms. The first-order valence-corrected chi connectivity index (χ1v) is 11.0. The van der Waals surface area contributed by atoms with Gasteiger partial charge in [0.25, 0.3) is 5.91 Å². The molecule has 176 valence electrons. The number of esters is 1. The highest BCUT2D eigenvalue weighted by atomic mass is 79.9. The topological polar surface area (TPSA) is 93.9 Å². The average molecular weight is 528 g/mol. The molecule has 4 rings (SSSR count). The smallest absolute Gasteiger partial charge is 0.404 e. The van der Waals surface area contributed by atoms with E-state index in [0.717, 1.165) is 11.3 Å². The summed E-state index contributed by atoms with van der Waals surface area (Å²) in [6.45, 7) is 0.297. The van der Waals surface area contributed by atoms with E-state index >= 15 is 0 Å². The van der Waals surface area contributed by atoms with E-state index in [2.05, 4.69) is 21.2 Å². The van der Waals surface area contributed by atoms with Crippen molar-refractivity contribution < 1.29 is 32.2 Å². The number of halogens is 4. The molecular weight excluding hydrogens is 507 g/mol. The molecule has 3 unspecified atom stereocenters. The van der Waals surface area contributed by atoms with E-state index in [-0.39, 0.29) is 6.54 Å². The lowest BCUT2D eigenvalue weighted by molar-refractivity contribution is -0.231. The molecule has 2 heterocycles. The van der Waals surface area contributed by atoms with Crippen LogP contribution < -0.4 is 11.1 Å². The van der Waals surface area contributed by atoms with Gasteiger partial charge in [0.05, 0.1) is 12.6 Å². The SMILES string of the molecule is NC1(OC(=O)C(F)(F)F)NC(c2ccccc2)(c2cccc(Br)c2)C(=O)N1CC1CCCO1. The molecule has 2 aromatic rings. The lowest BCUT2D eigenvalue weighted by Gasteiger charge is -2.34. The summed E-state index contributed by atoms with van der Waals surface area (Å²) < 4.78 is 50.2. The first-order chi connectivity index (χ1) is 15.6. The second-order valence-corrected chi connectivity index (χ2v) is 8.80. The van der Waals surface area contributed by atoms with Crippen molar-refractivity contribution in [2.75, 3.05) is 13.2 Å². The van der Waals surface area contributed by atoms with Gasteiger partial charge in [-0.25, -0.2) is 10.1 Å². The van der Waals surface area contributed by atoms with Crippen molar-refractivity contribution >= 4 is 27.8 Å². The minimum Gasteiger partial charge on any atom is -0.404 e. The highest BCUT2D eigenvalue weighted by Crippen LogP contribution is 2.41. The van der Waals surface area contributed by atoms with E-state index in [1.807, 2.05) is 0 Å². The third kappa shape index (κ3) is 4.37. The van der Waals surface area contributed by atoms with E-state index in [4.69, 9.17) is 15.2 Å². The molecule has 1 amide bonds. The van der Waals surface area contributed by atoms with E-state index in [0.29, 0.717) is 28.6 Å². The first-order valence-electron chi connectivity index (χ1n) is 10.2. The number of carbonyl (C=O) groups is 2. The quantitative estimate of drug-likeness (QED) is 0.458. The summed E-state index contributed by atoms with van der Waals surface area (Å²) in [4.78, 5) is 26.7. The van der Waals surface area contributed by atoms with Gasteiger partial charge in [-0.05, 0) is 36.1 Å². The second kappa shape index (κ2) is 8.71. The van der Waals surface area contributed by atoms with Crippen LogP contribution in [0.5, 0.6) is 0 Å². The molecule has 0 radical (unpaired) electrons. The van der Waals surface area contributed by atoms with Crippen LogP contribution in [0.1, 0.15) is 24.0 Å². The Bertz CT molecular complexity index is 1050. The Kier molecular flexibility index (Phi) is 6.25. The molecule has 2 aliphatic rings. The molecule has 0 aliphatic carbocycles. The molecule has 11 heteroatoms. The van der Waals surface area contributed by atoms with Gasteiger partial charge in [-0.2, -0.15) is 13.2 Å². The average Bonchev–Trinajstić information content (AvgIpc) is 3.35. The Morgan fingerprint density at radius 1 is 1.21 bits per heavy atom. The number of nitrogens with one attached hydrogen (secondary N) is 1. The number of ether oxygens (including phenoxy) is 2. The fourth-order valence-electron chi connectivity index (χ4n) is 4.20. The minimum absolute atomic E-state index is 0.157. The number of rotatable bonds is 5. The summed E-state index contributed by atoms with van der Waals surface area (Å²) >= 11 is 3.37. The molecule has 3 N–H and O–H groups in total. The van der Waals surface area contributed by atoms with Crippen LogP contribution in [0.25, 0.3) is 0 Å². The van der Waals surface area contributed by atoms with Gasteiger partial charge in [-0.1, -0.05) is 58.4 Å². The highest BCUT2D eigenvalue weighted by Gasteiger charge is 2.63.